The second-order valence-corrected chi connectivity index (χ2v) is 7.89. The third-order valence-corrected chi connectivity index (χ3v) is 6.02. The molecular formula is C22H27ClFN3OS. The molecule has 3 aromatic rings. The van der Waals surface area contributed by atoms with E-state index in [0.29, 0.717) is 22.8 Å². The predicted octanol–water partition coefficient (Wildman–Crippen LogP) is 5.46. The summed E-state index contributed by atoms with van der Waals surface area (Å²) in [5, 5.41) is 0.539. The number of para-hydroxylation sites is 1. The summed E-state index contributed by atoms with van der Waals surface area (Å²) in [4.78, 5) is 21.8. The van der Waals surface area contributed by atoms with E-state index in [1.807, 2.05) is 38.1 Å². The van der Waals surface area contributed by atoms with Gasteiger partial charge in [0.15, 0.2) is 5.13 Å². The van der Waals surface area contributed by atoms with Crippen molar-refractivity contribution >= 4 is 45.0 Å². The van der Waals surface area contributed by atoms with Gasteiger partial charge in [-0.2, -0.15) is 0 Å². The number of aryl methyl sites for hydroxylation is 2. The van der Waals surface area contributed by atoms with Crippen LogP contribution in [0, 0.1) is 19.7 Å². The van der Waals surface area contributed by atoms with Crippen LogP contribution in [0.15, 0.2) is 36.4 Å². The number of nitrogens with zero attached hydrogens (tertiary/aromatic N) is 3. The van der Waals surface area contributed by atoms with Gasteiger partial charge in [-0.3, -0.25) is 9.69 Å². The average molecular weight is 436 g/mol. The van der Waals surface area contributed by atoms with E-state index in [0.717, 1.165) is 35.5 Å². The monoisotopic (exact) mass is 435 g/mol. The number of halogens is 2. The summed E-state index contributed by atoms with van der Waals surface area (Å²) in [7, 11) is 0. The van der Waals surface area contributed by atoms with Gasteiger partial charge in [0, 0.05) is 18.7 Å². The van der Waals surface area contributed by atoms with Crippen LogP contribution in [-0.2, 0) is 0 Å². The Hall–Kier alpha value is -2.02. The van der Waals surface area contributed by atoms with Crippen molar-refractivity contribution in [2.75, 3.05) is 31.1 Å². The number of likely N-dealkylation sites (N-methyl/N-ethyl adjacent to an activating group) is 1. The molecule has 1 amide bonds. The molecule has 1 aromatic heterocycles. The van der Waals surface area contributed by atoms with E-state index in [2.05, 4.69) is 23.7 Å². The van der Waals surface area contributed by atoms with Gasteiger partial charge in [0.2, 0.25) is 0 Å². The first-order valence-corrected chi connectivity index (χ1v) is 10.4. The largest absolute Gasteiger partial charge is 0.302 e. The zero-order chi connectivity index (χ0) is 20.3. The van der Waals surface area contributed by atoms with Crippen LogP contribution in [0.3, 0.4) is 0 Å². The molecule has 0 radical (unpaired) electrons. The summed E-state index contributed by atoms with van der Waals surface area (Å²) in [6, 6.07) is 10.7. The number of thiazole rings is 1. The van der Waals surface area contributed by atoms with E-state index in [-0.39, 0.29) is 24.1 Å². The number of benzene rings is 2. The highest BCUT2D eigenvalue weighted by Gasteiger charge is 2.23. The minimum absolute atomic E-state index is 0. The van der Waals surface area contributed by atoms with Crippen molar-refractivity contribution in [3.63, 3.8) is 0 Å². The molecule has 2 aromatic carbocycles. The second kappa shape index (κ2) is 10.1. The molecule has 3 rings (SSSR count). The first-order valence-electron chi connectivity index (χ1n) is 9.61. The standard InChI is InChI=1S/C22H26FN3OS.ClH/c1-5-25(6-2)12-13-26(21(27)17-11-10-15(3)14-16(17)4)22-24-20-18(23)8-7-9-19(20)28-22;/h7-11,14H,5-6,12-13H2,1-4H3;1H. The van der Waals surface area contributed by atoms with Crippen molar-refractivity contribution in [2.45, 2.75) is 27.7 Å². The van der Waals surface area contributed by atoms with Crippen LogP contribution in [-0.4, -0.2) is 42.0 Å². The molecule has 29 heavy (non-hydrogen) atoms. The number of aromatic nitrogens is 1. The maximum Gasteiger partial charge on any atom is 0.260 e. The topological polar surface area (TPSA) is 36.4 Å². The zero-order valence-corrected chi connectivity index (χ0v) is 18.9. The fourth-order valence-electron chi connectivity index (χ4n) is 3.28. The fourth-order valence-corrected chi connectivity index (χ4v) is 4.29. The molecule has 0 spiro atoms. The lowest BCUT2D eigenvalue weighted by Gasteiger charge is -2.25. The Morgan fingerprint density at radius 2 is 1.83 bits per heavy atom. The fraction of sp³-hybridized carbons (Fsp3) is 0.364. The van der Waals surface area contributed by atoms with E-state index < -0.39 is 0 Å². The molecule has 156 valence electrons. The minimum Gasteiger partial charge on any atom is -0.302 e. The number of hydrogen-bond acceptors (Lipinski definition) is 4. The van der Waals surface area contributed by atoms with Gasteiger partial charge < -0.3 is 4.90 Å². The summed E-state index contributed by atoms with van der Waals surface area (Å²) in [6.07, 6.45) is 0. The molecule has 0 saturated heterocycles. The van der Waals surface area contributed by atoms with Crippen molar-refractivity contribution in [2.24, 2.45) is 0 Å². The molecule has 0 fully saturated rings. The van der Waals surface area contributed by atoms with Gasteiger partial charge in [-0.1, -0.05) is 48.9 Å². The number of carbonyl (C=O) groups is 1. The Morgan fingerprint density at radius 3 is 2.45 bits per heavy atom. The van der Waals surface area contributed by atoms with E-state index in [9.17, 15) is 9.18 Å². The minimum atomic E-state index is -0.359. The van der Waals surface area contributed by atoms with Crippen LogP contribution < -0.4 is 4.90 Å². The lowest BCUT2D eigenvalue weighted by molar-refractivity contribution is 0.0983. The molecule has 0 atom stereocenters. The summed E-state index contributed by atoms with van der Waals surface area (Å²) < 4.78 is 14.9. The quantitative estimate of drug-likeness (QED) is 0.494. The van der Waals surface area contributed by atoms with Crippen molar-refractivity contribution in [3.05, 3.63) is 58.9 Å². The van der Waals surface area contributed by atoms with Crippen LogP contribution in [0.1, 0.15) is 35.3 Å². The van der Waals surface area contributed by atoms with Gasteiger partial charge in [-0.05, 0) is 50.7 Å². The smallest absolute Gasteiger partial charge is 0.260 e. The van der Waals surface area contributed by atoms with Crippen molar-refractivity contribution < 1.29 is 9.18 Å². The van der Waals surface area contributed by atoms with E-state index >= 15 is 0 Å². The Morgan fingerprint density at radius 1 is 1.10 bits per heavy atom. The summed E-state index contributed by atoms with van der Waals surface area (Å²) in [6.45, 7) is 11.2. The maximum absolute atomic E-state index is 14.2. The SMILES string of the molecule is CCN(CC)CCN(C(=O)c1ccc(C)cc1C)c1nc2c(F)cccc2s1.Cl. The van der Waals surface area contributed by atoms with Crippen molar-refractivity contribution in [3.8, 4) is 0 Å². The first kappa shape index (κ1) is 23.3. The molecule has 0 aliphatic heterocycles. The molecule has 4 nitrogen and oxygen atoms in total. The first-order chi connectivity index (χ1) is 13.4. The summed E-state index contributed by atoms with van der Waals surface area (Å²) in [5.74, 6) is -0.452. The number of fused-ring (bicyclic) bond motifs is 1. The van der Waals surface area contributed by atoms with Crippen molar-refractivity contribution in [1.29, 1.82) is 0 Å². The lowest BCUT2D eigenvalue weighted by atomic mass is 10.0. The second-order valence-electron chi connectivity index (χ2n) is 6.89. The Bertz CT molecular complexity index is 987. The van der Waals surface area contributed by atoms with Gasteiger partial charge in [0.1, 0.15) is 11.3 Å². The van der Waals surface area contributed by atoms with Crippen LogP contribution in [0.25, 0.3) is 10.2 Å². The summed E-state index contributed by atoms with van der Waals surface area (Å²) in [5.41, 5.74) is 3.03. The summed E-state index contributed by atoms with van der Waals surface area (Å²) >= 11 is 1.35. The average Bonchev–Trinajstić information content (AvgIpc) is 3.10. The molecule has 7 heteroatoms. The number of hydrogen-bond donors (Lipinski definition) is 0. The van der Waals surface area contributed by atoms with Gasteiger partial charge >= 0.3 is 0 Å². The highest BCUT2D eigenvalue weighted by atomic mass is 35.5. The Balaban J connectivity index is 0.00000300. The van der Waals surface area contributed by atoms with Gasteiger partial charge in [0.05, 0.1) is 4.70 Å². The van der Waals surface area contributed by atoms with Crippen molar-refractivity contribution in [1.82, 2.24) is 9.88 Å². The molecule has 0 saturated carbocycles. The van der Waals surface area contributed by atoms with Gasteiger partial charge in [0.25, 0.3) is 5.91 Å². The van der Waals surface area contributed by atoms with Crippen LogP contribution in [0.4, 0.5) is 9.52 Å². The third kappa shape index (κ3) is 5.13. The number of carbonyl (C=O) groups excluding carboxylic acids is 1. The normalized spacial score (nSPS) is 11.0. The number of amides is 1. The van der Waals surface area contributed by atoms with E-state index in [4.69, 9.17) is 0 Å². The Kier molecular flexibility index (Phi) is 8.14. The van der Waals surface area contributed by atoms with Gasteiger partial charge in [-0.25, -0.2) is 9.37 Å². The molecular weight excluding hydrogens is 409 g/mol. The highest BCUT2D eigenvalue weighted by Crippen LogP contribution is 2.31. The molecule has 0 N–H and O–H groups in total. The number of anilines is 1. The third-order valence-electron chi connectivity index (χ3n) is 4.98. The van der Waals surface area contributed by atoms with Gasteiger partial charge in [-0.15, -0.1) is 12.4 Å². The number of rotatable bonds is 7. The van der Waals surface area contributed by atoms with E-state index in [1.165, 1.54) is 17.4 Å². The molecule has 0 bridgehead atoms. The predicted molar refractivity (Wildman–Crippen MR) is 122 cm³/mol. The molecule has 0 aliphatic rings. The zero-order valence-electron chi connectivity index (χ0n) is 17.2. The highest BCUT2D eigenvalue weighted by molar-refractivity contribution is 7.22. The van der Waals surface area contributed by atoms with E-state index in [1.54, 1.807) is 11.0 Å². The molecule has 0 aliphatic carbocycles. The maximum atomic E-state index is 14.2. The lowest BCUT2D eigenvalue weighted by Crippen LogP contribution is -2.39. The van der Waals surface area contributed by atoms with Crippen LogP contribution >= 0.6 is 23.7 Å². The van der Waals surface area contributed by atoms with Crippen LogP contribution in [0.5, 0.6) is 0 Å². The van der Waals surface area contributed by atoms with Crippen LogP contribution in [0.2, 0.25) is 0 Å². The Labute approximate surface area is 181 Å². The molecule has 0 unspecified atom stereocenters. The molecule has 1 heterocycles.